The topological polar surface area (TPSA) is 109 Å². The SMILES string of the molecule is O=C(NCc1ccco1)Nc1ccc(-c2ccc(NC(=O)NCc3ccco3)cc2)cc1. The summed E-state index contributed by atoms with van der Waals surface area (Å²) in [6, 6.07) is 21.5. The van der Waals surface area contributed by atoms with E-state index in [0.717, 1.165) is 11.1 Å². The van der Waals surface area contributed by atoms with Crippen molar-refractivity contribution < 1.29 is 18.4 Å². The summed E-state index contributed by atoms with van der Waals surface area (Å²) in [5.41, 5.74) is 3.33. The average molecular weight is 430 g/mol. The number of hydrogen-bond donors (Lipinski definition) is 4. The number of benzene rings is 2. The molecule has 162 valence electrons. The van der Waals surface area contributed by atoms with Crippen LogP contribution in [-0.2, 0) is 13.1 Å². The highest BCUT2D eigenvalue weighted by Crippen LogP contribution is 2.23. The molecule has 2 heterocycles. The highest BCUT2D eigenvalue weighted by atomic mass is 16.3. The van der Waals surface area contributed by atoms with Crippen LogP contribution < -0.4 is 21.3 Å². The largest absolute Gasteiger partial charge is 0.467 e. The summed E-state index contributed by atoms with van der Waals surface area (Å²) in [7, 11) is 0. The summed E-state index contributed by atoms with van der Waals surface area (Å²) in [6.45, 7) is 0.635. The molecule has 0 aliphatic carbocycles. The van der Waals surface area contributed by atoms with Crippen LogP contribution in [0.15, 0.2) is 94.2 Å². The third-order valence-electron chi connectivity index (χ3n) is 4.63. The molecule has 0 fully saturated rings. The van der Waals surface area contributed by atoms with Gasteiger partial charge in [0, 0.05) is 11.4 Å². The van der Waals surface area contributed by atoms with Gasteiger partial charge in [0.2, 0.25) is 0 Å². The number of urea groups is 2. The number of rotatable bonds is 7. The zero-order valence-corrected chi connectivity index (χ0v) is 17.1. The van der Waals surface area contributed by atoms with Crippen molar-refractivity contribution >= 4 is 23.4 Å². The van der Waals surface area contributed by atoms with Gasteiger partial charge >= 0.3 is 12.1 Å². The molecule has 0 saturated carbocycles. The van der Waals surface area contributed by atoms with Crippen molar-refractivity contribution in [2.24, 2.45) is 0 Å². The van der Waals surface area contributed by atoms with Gasteiger partial charge in [-0.05, 0) is 59.7 Å². The number of anilines is 2. The molecular weight excluding hydrogens is 408 g/mol. The minimum absolute atomic E-state index is 0.310. The molecule has 2 aromatic carbocycles. The Morgan fingerprint density at radius 3 is 1.34 bits per heavy atom. The summed E-state index contributed by atoms with van der Waals surface area (Å²) in [5, 5.41) is 11.0. The lowest BCUT2D eigenvalue weighted by Crippen LogP contribution is -2.28. The van der Waals surface area contributed by atoms with Gasteiger partial charge in [-0.15, -0.1) is 0 Å². The van der Waals surface area contributed by atoms with Crippen LogP contribution in [0.3, 0.4) is 0 Å². The van der Waals surface area contributed by atoms with Gasteiger partial charge in [0.05, 0.1) is 25.6 Å². The summed E-state index contributed by atoms with van der Waals surface area (Å²) in [6.07, 6.45) is 3.13. The van der Waals surface area contributed by atoms with Crippen LogP contribution >= 0.6 is 0 Å². The monoisotopic (exact) mass is 430 g/mol. The smallest absolute Gasteiger partial charge is 0.319 e. The standard InChI is InChI=1S/C24H22N4O4/c29-23(25-15-21-3-1-13-31-21)27-19-9-5-17(6-10-19)18-7-11-20(12-8-18)28-24(30)26-16-22-4-2-14-32-22/h1-14H,15-16H2,(H2,25,27,29)(H2,26,28,30). The molecule has 0 saturated heterocycles. The Kier molecular flexibility index (Phi) is 6.52. The molecule has 32 heavy (non-hydrogen) atoms. The molecule has 8 heteroatoms. The second kappa shape index (κ2) is 10.0. The number of carbonyl (C=O) groups is 2. The quantitative estimate of drug-likeness (QED) is 0.324. The van der Waals surface area contributed by atoms with Crippen LogP contribution in [0.25, 0.3) is 11.1 Å². The third kappa shape index (κ3) is 5.79. The van der Waals surface area contributed by atoms with Gasteiger partial charge in [-0.25, -0.2) is 9.59 Å². The second-order valence-electron chi connectivity index (χ2n) is 6.93. The normalized spacial score (nSPS) is 10.4. The van der Waals surface area contributed by atoms with E-state index in [1.54, 1.807) is 36.8 Å². The van der Waals surface area contributed by atoms with Crippen LogP contribution in [0.2, 0.25) is 0 Å². The van der Waals surface area contributed by atoms with E-state index in [1.807, 2.05) is 48.5 Å². The molecular formula is C24H22N4O4. The van der Waals surface area contributed by atoms with Crippen molar-refractivity contribution in [3.8, 4) is 11.1 Å². The fraction of sp³-hybridized carbons (Fsp3) is 0.0833. The summed E-state index contributed by atoms with van der Waals surface area (Å²) in [5.74, 6) is 1.37. The van der Waals surface area contributed by atoms with Gasteiger partial charge in [0.15, 0.2) is 0 Å². The Labute approximate surface area is 184 Å². The minimum atomic E-state index is -0.310. The molecule has 0 aliphatic rings. The molecule has 4 N–H and O–H groups in total. The van der Waals surface area contributed by atoms with E-state index in [1.165, 1.54) is 0 Å². The van der Waals surface area contributed by atoms with E-state index in [0.29, 0.717) is 36.0 Å². The van der Waals surface area contributed by atoms with Gasteiger partial charge in [0.1, 0.15) is 11.5 Å². The minimum Gasteiger partial charge on any atom is -0.467 e. The molecule has 4 aromatic rings. The van der Waals surface area contributed by atoms with E-state index in [2.05, 4.69) is 21.3 Å². The second-order valence-corrected chi connectivity index (χ2v) is 6.93. The number of hydrogen-bond acceptors (Lipinski definition) is 4. The van der Waals surface area contributed by atoms with Crippen molar-refractivity contribution in [2.75, 3.05) is 10.6 Å². The fourth-order valence-electron chi connectivity index (χ4n) is 3.00. The Morgan fingerprint density at radius 2 is 1.00 bits per heavy atom. The maximum absolute atomic E-state index is 12.0. The average Bonchev–Trinajstić information content (AvgIpc) is 3.52. The lowest BCUT2D eigenvalue weighted by atomic mass is 10.1. The van der Waals surface area contributed by atoms with Gasteiger partial charge in [-0.1, -0.05) is 24.3 Å². The van der Waals surface area contributed by atoms with Gasteiger partial charge in [-0.2, -0.15) is 0 Å². The molecule has 4 amide bonds. The zero-order valence-electron chi connectivity index (χ0n) is 17.1. The molecule has 0 bridgehead atoms. The Bertz CT molecular complexity index is 1040. The molecule has 0 radical (unpaired) electrons. The molecule has 4 rings (SSSR count). The van der Waals surface area contributed by atoms with Crippen LogP contribution in [-0.4, -0.2) is 12.1 Å². The van der Waals surface area contributed by atoms with Crippen LogP contribution in [0.1, 0.15) is 11.5 Å². The highest BCUT2D eigenvalue weighted by molar-refractivity contribution is 5.90. The molecule has 0 atom stereocenters. The van der Waals surface area contributed by atoms with E-state index in [-0.39, 0.29) is 12.1 Å². The maximum Gasteiger partial charge on any atom is 0.319 e. The predicted molar refractivity (Wildman–Crippen MR) is 121 cm³/mol. The van der Waals surface area contributed by atoms with Gasteiger partial charge in [0.25, 0.3) is 0 Å². The third-order valence-corrected chi connectivity index (χ3v) is 4.63. The van der Waals surface area contributed by atoms with E-state index in [9.17, 15) is 9.59 Å². The van der Waals surface area contributed by atoms with Crippen LogP contribution in [0.5, 0.6) is 0 Å². The van der Waals surface area contributed by atoms with Crippen LogP contribution in [0.4, 0.5) is 21.0 Å². The van der Waals surface area contributed by atoms with Crippen molar-refractivity contribution in [3.63, 3.8) is 0 Å². The van der Waals surface area contributed by atoms with Crippen molar-refractivity contribution in [2.45, 2.75) is 13.1 Å². The molecule has 0 aliphatic heterocycles. The highest BCUT2D eigenvalue weighted by Gasteiger charge is 2.06. The van der Waals surface area contributed by atoms with Gasteiger partial charge in [-0.3, -0.25) is 0 Å². The number of carbonyl (C=O) groups excluding carboxylic acids is 2. The Balaban J connectivity index is 1.27. The van der Waals surface area contributed by atoms with Crippen LogP contribution in [0, 0.1) is 0 Å². The number of amides is 4. The summed E-state index contributed by atoms with van der Waals surface area (Å²) < 4.78 is 10.4. The lowest BCUT2D eigenvalue weighted by molar-refractivity contribution is 0.250. The Hall–Kier alpha value is -4.46. The summed E-state index contributed by atoms with van der Waals surface area (Å²) in [4.78, 5) is 24.0. The first kappa shape index (κ1) is 20.8. The van der Waals surface area contributed by atoms with Crippen molar-refractivity contribution in [3.05, 3.63) is 96.8 Å². The summed E-state index contributed by atoms with van der Waals surface area (Å²) >= 11 is 0. The Morgan fingerprint density at radius 1 is 0.594 bits per heavy atom. The number of nitrogens with one attached hydrogen (secondary N) is 4. The lowest BCUT2D eigenvalue weighted by Gasteiger charge is -2.09. The molecule has 8 nitrogen and oxygen atoms in total. The first-order valence-corrected chi connectivity index (χ1v) is 10.0. The zero-order chi connectivity index (χ0) is 22.2. The van der Waals surface area contributed by atoms with E-state index < -0.39 is 0 Å². The number of furan rings is 2. The molecule has 0 spiro atoms. The maximum atomic E-state index is 12.0. The van der Waals surface area contributed by atoms with E-state index >= 15 is 0 Å². The fourth-order valence-corrected chi connectivity index (χ4v) is 3.00. The van der Waals surface area contributed by atoms with Gasteiger partial charge < -0.3 is 30.1 Å². The first-order valence-electron chi connectivity index (χ1n) is 10.0. The molecule has 0 unspecified atom stereocenters. The molecule has 2 aromatic heterocycles. The van der Waals surface area contributed by atoms with E-state index in [4.69, 9.17) is 8.83 Å². The van der Waals surface area contributed by atoms with Crippen molar-refractivity contribution in [1.82, 2.24) is 10.6 Å². The van der Waals surface area contributed by atoms with Crippen molar-refractivity contribution in [1.29, 1.82) is 0 Å². The first-order chi connectivity index (χ1) is 15.7. The predicted octanol–water partition coefficient (Wildman–Crippen LogP) is 5.18.